The highest BCUT2D eigenvalue weighted by atomic mass is 19.2. The molecule has 0 radical (unpaired) electrons. The van der Waals surface area contributed by atoms with Crippen molar-refractivity contribution in [2.24, 2.45) is 5.41 Å². The van der Waals surface area contributed by atoms with Gasteiger partial charge in [-0.3, -0.25) is 9.59 Å². The number of piperidine rings is 1. The molecule has 0 bridgehead atoms. The van der Waals surface area contributed by atoms with E-state index in [0.29, 0.717) is 19.4 Å². The smallest absolute Gasteiger partial charge is 0.240 e. The molecule has 4 nitrogen and oxygen atoms in total. The molecule has 0 aromatic heterocycles. The first-order valence-electron chi connectivity index (χ1n) is 8.66. The third-order valence-electron chi connectivity index (χ3n) is 5.24. The molecule has 1 heterocycles. The molecule has 1 aromatic carbocycles. The van der Waals surface area contributed by atoms with Crippen LogP contribution in [0, 0.1) is 22.9 Å². The van der Waals surface area contributed by atoms with Crippen molar-refractivity contribution in [3.63, 3.8) is 0 Å². The van der Waals surface area contributed by atoms with Gasteiger partial charge in [-0.2, -0.15) is 0 Å². The fourth-order valence-electron chi connectivity index (χ4n) is 3.49. The van der Waals surface area contributed by atoms with Crippen LogP contribution in [0.3, 0.4) is 0 Å². The quantitative estimate of drug-likeness (QED) is 0.663. The molecule has 1 unspecified atom stereocenters. The average molecular weight is 354 g/mol. The molecule has 1 atom stereocenters. The second kappa shape index (κ2) is 6.69. The Balaban J connectivity index is 1.77. The SMILES string of the molecule is CCC1CCCCN1C(=O)C1(C(=O)Nc2ccc(F)c(F)c2F)CC1. The molecule has 1 aromatic rings. The van der Waals surface area contributed by atoms with Crippen molar-refractivity contribution in [3.8, 4) is 0 Å². The minimum atomic E-state index is -1.64. The number of hydrogen-bond donors (Lipinski definition) is 1. The summed E-state index contributed by atoms with van der Waals surface area (Å²) in [7, 11) is 0. The van der Waals surface area contributed by atoms with Crippen molar-refractivity contribution in [1.82, 2.24) is 4.90 Å². The summed E-state index contributed by atoms with van der Waals surface area (Å²) in [4.78, 5) is 27.3. The Morgan fingerprint density at radius 2 is 1.92 bits per heavy atom. The fraction of sp³-hybridized carbons (Fsp3) is 0.556. The Morgan fingerprint density at radius 3 is 2.56 bits per heavy atom. The maximum atomic E-state index is 13.8. The minimum absolute atomic E-state index is 0.117. The predicted octanol–water partition coefficient (Wildman–Crippen LogP) is 3.61. The molecule has 2 aliphatic rings. The second-order valence-electron chi connectivity index (χ2n) is 6.82. The van der Waals surface area contributed by atoms with Gasteiger partial charge in [0, 0.05) is 12.6 Å². The number of anilines is 1. The third-order valence-corrected chi connectivity index (χ3v) is 5.24. The summed E-state index contributed by atoms with van der Waals surface area (Å²) in [5, 5.41) is 2.27. The first-order chi connectivity index (χ1) is 11.9. The first-order valence-corrected chi connectivity index (χ1v) is 8.66. The number of rotatable bonds is 4. The zero-order valence-electron chi connectivity index (χ0n) is 14.1. The number of likely N-dealkylation sites (tertiary alicyclic amines) is 1. The van der Waals surface area contributed by atoms with Crippen LogP contribution in [0.25, 0.3) is 0 Å². The van der Waals surface area contributed by atoms with Crippen molar-refractivity contribution in [2.75, 3.05) is 11.9 Å². The molecule has 1 saturated heterocycles. The van der Waals surface area contributed by atoms with Gasteiger partial charge in [-0.05, 0) is 50.7 Å². The molecule has 1 saturated carbocycles. The number of hydrogen-bond acceptors (Lipinski definition) is 2. The normalized spacial score (nSPS) is 21.8. The average Bonchev–Trinajstić information content (AvgIpc) is 3.43. The lowest BCUT2D eigenvalue weighted by Gasteiger charge is -2.37. The van der Waals surface area contributed by atoms with E-state index in [0.717, 1.165) is 37.8 Å². The molecule has 2 amide bonds. The van der Waals surface area contributed by atoms with Gasteiger partial charge in [-0.15, -0.1) is 0 Å². The van der Waals surface area contributed by atoms with Gasteiger partial charge in [0.2, 0.25) is 11.8 Å². The van der Waals surface area contributed by atoms with Gasteiger partial charge in [0.15, 0.2) is 17.5 Å². The van der Waals surface area contributed by atoms with E-state index < -0.39 is 34.5 Å². The Bertz CT molecular complexity index is 704. The number of nitrogens with zero attached hydrogens (tertiary/aromatic N) is 1. The minimum Gasteiger partial charge on any atom is -0.339 e. The number of nitrogens with one attached hydrogen (secondary N) is 1. The summed E-state index contributed by atoms with van der Waals surface area (Å²) >= 11 is 0. The highest BCUT2D eigenvalue weighted by Crippen LogP contribution is 2.49. The van der Waals surface area contributed by atoms with E-state index in [4.69, 9.17) is 0 Å². The standard InChI is InChI=1S/C18H21F3N2O2/c1-2-11-5-3-4-10-23(11)17(25)18(8-9-18)16(24)22-13-7-6-12(19)14(20)15(13)21/h6-7,11H,2-5,8-10H2,1H3,(H,22,24). The van der Waals surface area contributed by atoms with Gasteiger partial charge in [0.25, 0.3) is 0 Å². The van der Waals surface area contributed by atoms with Crippen LogP contribution in [0.1, 0.15) is 45.4 Å². The molecule has 136 valence electrons. The third kappa shape index (κ3) is 3.12. The zero-order chi connectivity index (χ0) is 18.2. The number of halogens is 3. The molecule has 25 heavy (non-hydrogen) atoms. The van der Waals surface area contributed by atoms with Crippen LogP contribution in [-0.2, 0) is 9.59 Å². The van der Waals surface area contributed by atoms with Gasteiger partial charge in [0.1, 0.15) is 5.41 Å². The summed E-state index contributed by atoms with van der Waals surface area (Å²) in [6, 6.07) is 1.82. The Hall–Kier alpha value is -2.05. The molecule has 1 N–H and O–H groups in total. The molecule has 1 aliphatic heterocycles. The largest absolute Gasteiger partial charge is 0.339 e. The van der Waals surface area contributed by atoms with Crippen LogP contribution >= 0.6 is 0 Å². The van der Waals surface area contributed by atoms with E-state index in [1.807, 2.05) is 6.92 Å². The van der Waals surface area contributed by atoms with Crippen molar-refractivity contribution in [1.29, 1.82) is 0 Å². The summed E-state index contributed by atoms with van der Waals surface area (Å²) in [6.07, 6.45) is 4.46. The highest BCUT2D eigenvalue weighted by molar-refractivity contribution is 6.13. The van der Waals surface area contributed by atoms with E-state index in [1.54, 1.807) is 4.90 Å². The van der Waals surface area contributed by atoms with Crippen LogP contribution in [0.4, 0.5) is 18.9 Å². The van der Waals surface area contributed by atoms with Crippen molar-refractivity contribution < 1.29 is 22.8 Å². The lowest BCUT2D eigenvalue weighted by molar-refractivity contribution is -0.145. The van der Waals surface area contributed by atoms with Crippen LogP contribution in [-0.4, -0.2) is 29.3 Å². The van der Waals surface area contributed by atoms with E-state index in [2.05, 4.69) is 5.32 Å². The second-order valence-corrected chi connectivity index (χ2v) is 6.82. The van der Waals surface area contributed by atoms with Gasteiger partial charge in [-0.1, -0.05) is 6.92 Å². The Morgan fingerprint density at radius 1 is 1.20 bits per heavy atom. The van der Waals surface area contributed by atoms with Crippen LogP contribution in [0.15, 0.2) is 12.1 Å². The maximum absolute atomic E-state index is 13.8. The molecule has 0 spiro atoms. The lowest BCUT2D eigenvalue weighted by Crippen LogP contribution is -2.49. The lowest BCUT2D eigenvalue weighted by atomic mass is 9.95. The topological polar surface area (TPSA) is 49.4 Å². The summed E-state index contributed by atoms with van der Waals surface area (Å²) in [5.41, 5.74) is -1.66. The summed E-state index contributed by atoms with van der Waals surface area (Å²) in [5.74, 6) is -5.31. The number of carbonyl (C=O) groups excluding carboxylic acids is 2. The van der Waals surface area contributed by atoms with Gasteiger partial charge >= 0.3 is 0 Å². The summed E-state index contributed by atoms with van der Waals surface area (Å²) in [6.45, 7) is 2.62. The summed E-state index contributed by atoms with van der Waals surface area (Å²) < 4.78 is 40.1. The number of amides is 2. The van der Waals surface area contributed by atoms with Gasteiger partial charge in [0.05, 0.1) is 5.69 Å². The van der Waals surface area contributed by atoms with Crippen molar-refractivity contribution in [3.05, 3.63) is 29.6 Å². The number of carbonyl (C=O) groups is 2. The van der Waals surface area contributed by atoms with E-state index in [-0.39, 0.29) is 11.9 Å². The highest BCUT2D eigenvalue weighted by Gasteiger charge is 2.58. The molecule has 7 heteroatoms. The van der Waals surface area contributed by atoms with Crippen LogP contribution in [0.2, 0.25) is 0 Å². The van der Waals surface area contributed by atoms with Gasteiger partial charge in [-0.25, -0.2) is 13.2 Å². The molecule has 2 fully saturated rings. The van der Waals surface area contributed by atoms with E-state index in [9.17, 15) is 22.8 Å². The molecule has 3 rings (SSSR count). The predicted molar refractivity (Wildman–Crippen MR) is 86.3 cm³/mol. The van der Waals surface area contributed by atoms with Crippen LogP contribution < -0.4 is 5.32 Å². The zero-order valence-corrected chi connectivity index (χ0v) is 14.1. The first kappa shape index (κ1) is 17.8. The molecular formula is C18H21F3N2O2. The molecule has 1 aliphatic carbocycles. The number of benzene rings is 1. The fourth-order valence-corrected chi connectivity index (χ4v) is 3.49. The Labute approximate surface area is 144 Å². The molecular weight excluding hydrogens is 333 g/mol. The van der Waals surface area contributed by atoms with Crippen molar-refractivity contribution in [2.45, 2.75) is 51.5 Å². The van der Waals surface area contributed by atoms with E-state index >= 15 is 0 Å². The van der Waals surface area contributed by atoms with Crippen molar-refractivity contribution >= 4 is 17.5 Å². The van der Waals surface area contributed by atoms with Gasteiger partial charge < -0.3 is 10.2 Å². The monoisotopic (exact) mass is 354 g/mol. The van der Waals surface area contributed by atoms with Crippen LogP contribution in [0.5, 0.6) is 0 Å². The Kier molecular flexibility index (Phi) is 4.75. The maximum Gasteiger partial charge on any atom is 0.240 e. The van der Waals surface area contributed by atoms with E-state index in [1.165, 1.54) is 0 Å².